The molecule has 0 radical (unpaired) electrons. The molecular formula is C20H25N3O. The Morgan fingerprint density at radius 3 is 2.21 bits per heavy atom. The predicted molar refractivity (Wildman–Crippen MR) is 95.9 cm³/mol. The Morgan fingerprint density at radius 1 is 1.00 bits per heavy atom. The fourth-order valence-corrected chi connectivity index (χ4v) is 3.05. The first kappa shape index (κ1) is 16.7. The van der Waals surface area contributed by atoms with Gasteiger partial charge in [-0.25, -0.2) is 0 Å². The zero-order chi connectivity index (χ0) is 16.9. The van der Waals surface area contributed by atoms with Crippen LogP contribution in [0.25, 0.3) is 0 Å². The third-order valence-electron chi connectivity index (χ3n) is 4.64. The number of benzene rings is 1. The number of aromatic nitrogens is 1. The fourth-order valence-electron chi connectivity index (χ4n) is 3.05. The van der Waals surface area contributed by atoms with Gasteiger partial charge in [0.15, 0.2) is 0 Å². The maximum absolute atomic E-state index is 12.6. The van der Waals surface area contributed by atoms with E-state index < -0.39 is 0 Å². The number of piperazine rings is 1. The molecule has 0 N–H and O–H groups in total. The average molecular weight is 323 g/mol. The van der Waals surface area contributed by atoms with Crippen LogP contribution in [0.5, 0.6) is 0 Å². The highest BCUT2D eigenvalue weighted by atomic mass is 16.2. The second-order valence-corrected chi connectivity index (χ2v) is 6.70. The van der Waals surface area contributed by atoms with Gasteiger partial charge in [0.2, 0.25) is 0 Å². The molecule has 3 rings (SSSR count). The highest BCUT2D eigenvalue weighted by Gasteiger charge is 2.22. The SMILES string of the molecule is CC(C)c1ccc(C(=O)N2CCN(Cc3ccncc3)CC2)cc1. The molecule has 0 spiro atoms. The van der Waals surface area contributed by atoms with Crippen molar-refractivity contribution >= 4 is 5.91 Å². The van der Waals surface area contributed by atoms with E-state index in [0.29, 0.717) is 5.92 Å². The van der Waals surface area contributed by atoms with Gasteiger partial charge in [-0.15, -0.1) is 0 Å². The van der Waals surface area contributed by atoms with Gasteiger partial charge in [-0.3, -0.25) is 14.7 Å². The van der Waals surface area contributed by atoms with Crippen LogP contribution in [0, 0.1) is 0 Å². The van der Waals surface area contributed by atoms with Gasteiger partial charge < -0.3 is 4.90 Å². The molecule has 4 heteroatoms. The van der Waals surface area contributed by atoms with E-state index in [0.717, 1.165) is 38.3 Å². The summed E-state index contributed by atoms with van der Waals surface area (Å²) in [5.41, 5.74) is 3.34. The summed E-state index contributed by atoms with van der Waals surface area (Å²) in [6, 6.07) is 12.2. The van der Waals surface area contributed by atoms with E-state index in [1.54, 1.807) is 0 Å². The zero-order valence-corrected chi connectivity index (χ0v) is 14.5. The number of rotatable bonds is 4. The van der Waals surface area contributed by atoms with Gasteiger partial charge in [-0.1, -0.05) is 26.0 Å². The summed E-state index contributed by atoms with van der Waals surface area (Å²) in [5, 5.41) is 0. The third kappa shape index (κ3) is 4.01. The fraction of sp³-hybridized carbons (Fsp3) is 0.400. The minimum Gasteiger partial charge on any atom is -0.336 e. The number of carbonyl (C=O) groups is 1. The quantitative estimate of drug-likeness (QED) is 0.867. The van der Waals surface area contributed by atoms with Crippen LogP contribution in [-0.4, -0.2) is 46.9 Å². The molecule has 0 bridgehead atoms. The molecule has 0 unspecified atom stereocenters. The average Bonchev–Trinajstić information content (AvgIpc) is 2.63. The maximum atomic E-state index is 12.6. The number of amides is 1. The second-order valence-electron chi connectivity index (χ2n) is 6.70. The first-order valence-electron chi connectivity index (χ1n) is 8.64. The number of nitrogens with zero attached hydrogens (tertiary/aromatic N) is 3. The molecule has 0 aliphatic carbocycles. The topological polar surface area (TPSA) is 36.4 Å². The molecule has 0 atom stereocenters. The van der Waals surface area contributed by atoms with Gasteiger partial charge in [-0.05, 0) is 41.3 Å². The summed E-state index contributed by atoms with van der Waals surface area (Å²) in [7, 11) is 0. The monoisotopic (exact) mass is 323 g/mol. The largest absolute Gasteiger partial charge is 0.336 e. The second kappa shape index (κ2) is 7.58. The van der Waals surface area contributed by atoms with Crippen molar-refractivity contribution in [1.82, 2.24) is 14.8 Å². The number of hydrogen-bond donors (Lipinski definition) is 0. The minimum atomic E-state index is 0.147. The molecule has 2 heterocycles. The Morgan fingerprint density at radius 2 is 1.62 bits per heavy atom. The summed E-state index contributed by atoms with van der Waals surface area (Å²) in [5.74, 6) is 0.639. The molecule has 1 aromatic heterocycles. The molecule has 4 nitrogen and oxygen atoms in total. The van der Waals surface area contributed by atoms with Crippen molar-refractivity contribution in [3.8, 4) is 0 Å². The summed E-state index contributed by atoms with van der Waals surface area (Å²) < 4.78 is 0. The first-order chi connectivity index (χ1) is 11.6. The van der Waals surface area contributed by atoms with E-state index in [4.69, 9.17) is 0 Å². The number of pyridine rings is 1. The molecule has 1 aliphatic heterocycles. The van der Waals surface area contributed by atoms with Crippen LogP contribution in [-0.2, 0) is 6.54 Å². The minimum absolute atomic E-state index is 0.147. The van der Waals surface area contributed by atoms with Gasteiger partial charge in [0.1, 0.15) is 0 Å². The van der Waals surface area contributed by atoms with Crippen molar-refractivity contribution in [1.29, 1.82) is 0 Å². The van der Waals surface area contributed by atoms with Gasteiger partial charge in [0, 0.05) is 50.7 Å². The molecule has 2 aromatic rings. The lowest BCUT2D eigenvalue weighted by Crippen LogP contribution is -2.48. The van der Waals surface area contributed by atoms with E-state index in [1.807, 2.05) is 41.6 Å². The van der Waals surface area contributed by atoms with Crippen LogP contribution in [0.2, 0.25) is 0 Å². The van der Waals surface area contributed by atoms with E-state index in [1.165, 1.54) is 11.1 Å². The molecule has 126 valence electrons. The Bertz CT molecular complexity index is 659. The van der Waals surface area contributed by atoms with Crippen LogP contribution >= 0.6 is 0 Å². The Kier molecular flexibility index (Phi) is 5.26. The summed E-state index contributed by atoms with van der Waals surface area (Å²) >= 11 is 0. The van der Waals surface area contributed by atoms with E-state index in [2.05, 4.69) is 35.9 Å². The number of hydrogen-bond acceptors (Lipinski definition) is 3. The van der Waals surface area contributed by atoms with Gasteiger partial charge in [-0.2, -0.15) is 0 Å². The summed E-state index contributed by atoms with van der Waals surface area (Å²) in [6.45, 7) is 8.66. The molecule has 1 aromatic carbocycles. The normalized spacial score (nSPS) is 15.7. The zero-order valence-electron chi connectivity index (χ0n) is 14.5. The van der Waals surface area contributed by atoms with Crippen molar-refractivity contribution in [2.75, 3.05) is 26.2 Å². The molecule has 1 amide bonds. The lowest BCUT2D eigenvalue weighted by Gasteiger charge is -2.34. The van der Waals surface area contributed by atoms with Gasteiger partial charge in [0.05, 0.1) is 0 Å². The van der Waals surface area contributed by atoms with Crippen LogP contribution in [0.15, 0.2) is 48.8 Å². The smallest absolute Gasteiger partial charge is 0.253 e. The predicted octanol–water partition coefficient (Wildman–Crippen LogP) is 3.16. The first-order valence-corrected chi connectivity index (χ1v) is 8.64. The summed E-state index contributed by atoms with van der Waals surface area (Å²) in [4.78, 5) is 21.1. The lowest BCUT2D eigenvalue weighted by molar-refractivity contribution is 0.0628. The van der Waals surface area contributed by atoms with Gasteiger partial charge in [0.25, 0.3) is 5.91 Å². The highest BCUT2D eigenvalue weighted by molar-refractivity contribution is 5.94. The maximum Gasteiger partial charge on any atom is 0.253 e. The van der Waals surface area contributed by atoms with E-state index in [9.17, 15) is 4.79 Å². The van der Waals surface area contributed by atoms with Crippen molar-refractivity contribution in [3.05, 3.63) is 65.5 Å². The van der Waals surface area contributed by atoms with Crippen molar-refractivity contribution in [3.63, 3.8) is 0 Å². The van der Waals surface area contributed by atoms with Crippen molar-refractivity contribution < 1.29 is 4.79 Å². The molecule has 1 fully saturated rings. The molecule has 24 heavy (non-hydrogen) atoms. The molecule has 1 saturated heterocycles. The van der Waals surface area contributed by atoms with E-state index in [-0.39, 0.29) is 5.91 Å². The van der Waals surface area contributed by atoms with Crippen molar-refractivity contribution in [2.45, 2.75) is 26.3 Å². The van der Waals surface area contributed by atoms with Crippen LogP contribution in [0.1, 0.15) is 41.3 Å². The Balaban J connectivity index is 1.55. The Labute approximate surface area is 144 Å². The molecule has 0 saturated carbocycles. The lowest BCUT2D eigenvalue weighted by atomic mass is 10.0. The summed E-state index contributed by atoms with van der Waals surface area (Å²) in [6.07, 6.45) is 3.66. The number of carbonyl (C=O) groups excluding carboxylic acids is 1. The molecule has 1 aliphatic rings. The van der Waals surface area contributed by atoms with Crippen molar-refractivity contribution in [2.24, 2.45) is 0 Å². The Hall–Kier alpha value is -2.20. The van der Waals surface area contributed by atoms with Gasteiger partial charge >= 0.3 is 0 Å². The molecular weight excluding hydrogens is 298 g/mol. The highest BCUT2D eigenvalue weighted by Crippen LogP contribution is 2.16. The van der Waals surface area contributed by atoms with Crippen LogP contribution in [0.3, 0.4) is 0 Å². The van der Waals surface area contributed by atoms with Crippen LogP contribution in [0.4, 0.5) is 0 Å². The third-order valence-corrected chi connectivity index (χ3v) is 4.64. The van der Waals surface area contributed by atoms with E-state index >= 15 is 0 Å². The van der Waals surface area contributed by atoms with Crippen LogP contribution < -0.4 is 0 Å². The standard InChI is InChI=1S/C20H25N3O/c1-16(2)18-3-5-19(6-4-18)20(24)23-13-11-22(12-14-23)15-17-7-9-21-10-8-17/h3-10,16H,11-15H2,1-2H3.